The van der Waals surface area contributed by atoms with E-state index >= 15 is 0 Å². The summed E-state index contributed by atoms with van der Waals surface area (Å²) in [6.45, 7) is 4.10. The quantitative estimate of drug-likeness (QED) is 0.807. The number of rotatable bonds is 4. The van der Waals surface area contributed by atoms with E-state index in [4.69, 9.17) is 0 Å². The molecule has 2 heterocycles. The molecule has 1 unspecified atom stereocenters. The number of hydrogen-bond donors (Lipinski definition) is 2. The highest BCUT2D eigenvalue weighted by Gasteiger charge is 2.57. The van der Waals surface area contributed by atoms with Crippen LogP contribution in [-0.2, 0) is 4.79 Å². The van der Waals surface area contributed by atoms with Crippen LogP contribution in [0.4, 0.5) is 5.69 Å². The fraction of sp³-hybridized carbons (Fsp3) is 0.444. The van der Waals surface area contributed by atoms with Gasteiger partial charge in [0.15, 0.2) is 4.34 Å². The van der Waals surface area contributed by atoms with Gasteiger partial charge in [-0.3, -0.25) is 4.79 Å². The third kappa shape index (κ3) is 4.19. The molecule has 1 saturated carbocycles. The zero-order valence-electron chi connectivity index (χ0n) is 14.1. The SMILES string of the molecule is Cc1csc(Sc2ccc(NC(=O)C3CC34CCNCC4)cc2)n1.Cl. The van der Waals surface area contributed by atoms with Gasteiger partial charge in [-0.25, -0.2) is 4.98 Å². The summed E-state index contributed by atoms with van der Waals surface area (Å²) in [6, 6.07) is 8.06. The first-order valence-corrected chi connectivity index (χ1v) is 10.1. The van der Waals surface area contributed by atoms with Crippen molar-refractivity contribution in [2.24, 2.45) is 11.3 Å². The summed E-state index contributed by atoms with van der Waals surface area (Å²) in [4.78, 5) is 18.1. The molecule has 1 spiro atoms. The Bertz CT molecular complexity index is 741. The molecule has 1 aromatic heterocycles. The van der Waals surface area contributed by atoms with E-state index < -0.39 is 0 Å². The number of benzene rings is 1. The maximum absolute atomic E-state index is 12.5. The second-order valence-corrected chi connectivity index (χ2v) is 8.92. The molecule has 2 fully saturated rings. The van der Waals surface area contributed by atoms with Gasteiger partial charge in [0, 0.05) is 27.6 Å². The Balaban J connectivity index is 0.00000182. The summed E-state index contributed by atoms with van der Waals surface area (Å²) in [7, 11) is 0. The lowest BCUT2D eigenvalue weighted by atomic mass is 9.92. The highest BCUT2D eigenvalue weighted by Crippen LogP contribution is 2.58. The molecule has 25 heavy (non-hydrogen) atoms. The van der Waals surface area contributed by atoms with Gasteiger partial charge in [0.05, 0.1) is 0 Å². The molecule has 2 aliphatic rings. The van der Waals surface area contributed by atoms with E-state index in [2.05, 4.69) is 21.0 Å². The Hall–Kier alpha value is -1.08. The van der Waals surface area contributed by atoms with Gasteiger partial charge < -0.3 is 10.6 Å². The summed E-state index contributed by atoms with van der Waals surface area (Å²) < 4.78 is 1.05. The van der Waals surface area contributed by atoms with E-state index in [1.165, 1.54) is 0 Å². The lowest BCUT2D eigenvalue weighted by Gasteiger charge is -2.23. The normalized spacial score (nSPS) is 20.8. The number of anilines is 1. The molecule has 1 aliphatic carbocycles. The fourth-order valence-electron chi connectivity index (χ4n) is 3.51. The Morgan fingerprint density at radius 3 is 2.68 bits per heavy atom. The number of nitrogens with one attached hydrogen (secondary N) is 2. The Kier molecular flexibility index (Phi) is 5.73. The topological polar surface area (TPSA) is 54.0 Å². The van der Waals surface area contributed by atoms with Crippen molar-refractivity contribution in [3.8, 4) is 0 Å². The van der Waals surface area contributed by atoms with E-state index in [9.17, 15) is 4.79 Å². The number of piperidine rings is 1. The average Bonchev–Trinajstić information content (AvgIpc) is 3.12. The lowest BCUT2D eigenvalue weighted by Crippen LogP contribution is -2.31. The number of amides is 1. The molecule has 134 valence electrons. The van der Waals surface area contributed by atoms with Crippen molar-refractivity contribution in [3.63, 3.8) is 0 Å². The number of aromatic nitrogens is 1. The predicted molar refractivity (Wildman–Crippen MR) is 106 cm³/mol. The van der Waals surface area contributed by atoms with Crippen molar-refractivity contribution < 1.29 is 4.79 Å². The highest BCUT2D eigenvalue weighted by atomic mass is 35.5. The van der Waals surface area contributed by atoms with Crippen molar-refractivity contribution in [3.05, 3.63) is 35.3 Å². The zero-order chi connectivity index (χ0) is 16.6. The molecule has 0 radical (unpaired) electrons. The number of carbonyl (C=O) groups is 1. The molecular weight excluding hydrogens is 374 g/mol. The average molecular weight is 396 g/mol. The van der Waals surface area contributed by atoms with Crippen LogP contribution in [0.1, 0.15) is 25.0 Å². The van der Waals surface area contributed by atoms with Crippen LogP contribution in [0.5, 0.6) is 0 Å². The molecule has 1 amide bonds. The number of thiazole rings is 1. The van der Waals surface area contributed by atoms with E-state index in [0.29, 0.717) is 0 Å². The van der Waals surface area contributed by atoms with Crippen molar-refractivity contribution in [1.82, 2.24) is 10.3 Å². The summed E-state index contributed by atoms with van der Waals surface area (Å²) >= 11 is 3.32. The maximum Gasteiger partial charge on any atom is 0.228 e. The van der Waals surface area contributed by atoms with Crippen LogP contribution in [0.2, 0.25) is 0 Å². The summed E-state index contributed by atoms with van der Waals surface area (Å²) in [5.41, 5.74) is 2.23. The van der Waals surface area contributed by atoms with E-state index in [1.807, 2.05) is 31.2 Å². The minimum absolute atomic E-state index is 0. The second-order valence-electron chi connectivity index (χ2n) is 6.74. The number of hydrogen-bond acceptors (Lipinski definition) is 5. The molecule has 1 aliphatic heterocycles. The minimum atomic E-state index is 0. The number of carbonyl (C=O) groups excluding carboxylic acids is 1. The van der Waals surface area contributed by atoms with Crippen molar-refractivity contribution in [2.45, 2.75) is 35.4 Å². The molecule has 0 bridgehead atoms. The number of halogens is 1. The van der Waals surface area contributed by atoms with Crippen molar-refractivity contribution in [1.29, 1.82) is 0 Å². The van der Waals surface area contributed by atoms with Crippen molar-refractivity contribution in [2.75, 3.05) is 18.4 Å². The Morgan fingerprint density at radius 1 is 1.32 bits per heavy atom. The van der Waals surface area contributed by atoms with E-state index in [-0.39, 0.29) is 29.6 Å². The van der Waals surface area contributed by atoms with Crippen LogP contribution in [0.15, 0.2) is 38.9 Å². The maximum atomic E-state index is 12.5. The van der Waals surface area contributed by atoms with Gasteiger partial charge in [0.25, 0.3) is 0 Å². The number of nitrogens with zero attached hydrogens (tertiary/aromatic N) is 1. The standard InChI is InChI=1S/C18H21N3OS2.ClH/c1-12-11-23-17(20-12)24-14-4-2-13(3-5-14)21-16(22)15-10-18(15)6-8-19-9-7-18;/h2-5,11,15,19H,6-10H2,1H3,(H,21,22);1H. The molecule has 2 aromatic rings. The first-order chi connectivity index (χ1) is 11.6. The molecule has 7 heteroatoms. The largest absolute Gasteiger partial charge is 0.326 e. The highest BCUT2D eigenvalue weighted by molar-refractivity contribution is 8.01. The van der Waals surface area contributed by atoms with Gasteiger partial charge in [0.2, 0.25) is 5.91 Å². The van der Waals surface area contributed by atoms with E-state index in [0.717, 1.165) is 53.0 Å². The summed E-state index contributed by atoms with van der Waals surface area (Å²) in [5.74, 6) is 0.389. The fourth-order valence-corrected chi connectivity index (χ4v) is 5.32. The van der Waals surface area contributed by atoms with Crippen LogP contribution in [0, 0.1) is 18.3 Å². The Labute approximate surface area is 162 Å². The second kappa shape index (κ2) is 7.66. The van der Waals surface area contributed by atoms with Gasteiger partial charge in [-0.1, -0.05) is 11.8 Å². The molecule has 4 nitrogen and oxygen atoms in total. The van der Waals surface area contributed by atoms with Gasteiger partial charge in [-0.2, -0.15) is 0 Å². The predicted octanol–water partition coefficient (Wildman–Crippen LogP) is 4.35. The third-order valence-electron chi connectivity index (χ3n) is 5.03. The first kappa shape index (κ1) is 18.7. The molecule has 4 rings (SSSR count). The van der Waals surface area contributed by atoms with Gasteiger partial charge in [-0.05, 0) is 69.0 Å². The van der Waals surface area contributed by atoms with Crippen LogP contribution in [0.25, 0.3) is 0 Å². The molecule has 1 saturated heterocycles. The van der Waals surface area contributed by atoms with Crippen LogP contribution in [-0.4, -0.2) is 24.0 Å². The summed E-state index contributed by atoms with van der Waals surface area (Å²) in [5, 5.41) is 8.53. The monoisotopic (exact) mass is 395 g/mol. The van der Waals surface area contributed by atoms with Gasteiger partial charge >= 0.3 is 0 Å². The molecule has 2 N–H and O–H groups in total. The third-order valence-corrected chi connectivity index (χ3v) is 7.09. The van der Waals surface area contributed by atoms with Gasteiger partial charge in [0.1, 0.15) is 0 Å². The van der Waals surface area contributed by atoms with Crippen LogP contribution < -0.4 is 10.6 Å². The zero-order valence-corrected chi connectivity index (χ0v) is 16.5. The van der Waals surface area contributed by atoms with E-state index in [1.54, 1.807) is 23.1 Å². The minimum Gasteiger partial charge on any atom is -0.326 e. The molecule has 1 atom stereocenters. The summed E-state index contributed by atoms with van der Waals surface area (Å²) in [6.07, 6.45) is 3.32. The lowest BCUT2D eigenvalue weighted by molar-refractivity contribution is -0.118. The number of aryl methyl sites for hydroxylation is 1. The Morgan fingerprint density at radius 2 is 2.04 bits per heavy atom. The first-order valence-electron chi connectivity index (χ1n) is 8.36. The van der Waals surface area contributed by atoms with Gasteiger partial charge in [-0.15, -0.1) is 23.7 Å². The van der Waals surface area contributed by atoms with Crippen LogP contribution in [0.3, 0.4) is 0 Å². The molecule has 1 aromatic carbocycles. The molecular formula is C18H22ClN3OS2. The van der Waals surface area contributed by atoms with Crippen LogP contribution >= 0.6 is 35.5 Å². The van der Waals surface area contributed by atoms with Crippen molar-refractivity contribution >= 4 is 47.1 Å². The smallest absolute Gasteiger partial charge is 0.228 e.